The van der Waals surface area contributed by atoms with Gasteiger partial charge in [-0.3, -0.25) is 0 Å². The van der Waals surface area contributed by atoms with E-state index >= 15 is 0 Å². The summed E-state index contributed by atoms with van der Waals surface area (Å²) in [6.45, 7) is 6.87. The molecule has 0 atom stereocenters. The second-order valence-electron chi connectivity index (χ2n) is 7.55. The number of pyridine rings is 1. The van der Waals surface area contributed by atoms with Crippen molar-refractivity contribution in [1.29, 1.82) is 0 Å². The van der Waals surface area contributed by atoms with Crippen LogP contribution in [0.3, 0.4) is 0 Å². The molecule has 3 aromatic rings. The van der Waals surface area contributed by atoms with E-state index in [1.807, 2.05) is 12.3 Å². The molecule has 8 heteroatoms. The molecule has 156 valence electrons. The summed E-state index contributed by atoms with van der Waals surface area (Å²) in [6, 6.07) is 12.4. The lowest BCUT2D eigenvalue weighted by atomic mass is 10.1. The number of likely N-dealkylation sites (N-methyl/N-ethyl adjacent to an activating group) is 1. The minimum Gasteiger partial charge on any atom is -0.368 e. The molecule has 0 radical (unpaired) electrons. The molecule has 0 saturated carbocycles. The third-order valence-corrected chi connectivity index (χ3v) is 5.46. The molecule has 1 aliphatic rings. The lowest BCUT2D eigenvalue weighted by Crippen LogP contribution is -2.44. The van der Waals surface area contributed by atoms with Gasteiger partial charge in [0.25, 0.3) is 0 Å². The van der Waals surface area contributed by atoms with E-state index in [1.54, 1.807) is 6.20 Å². The highest BCUT2D eigenvalue weighted by molar-refractivity contribution is 6.32. The Kier molecular flexibility index (Phi) is 6.30. The third kappa shape index (κ3) is 5.17. The molecule has 4 rings (SSSR count). The van der Waals surface area contributed by atoms with E-state index in [2.05, 4.69) is 79.7 Å². The van der Waals surface area contributed by atoms with Crippen LogP contribution in [-0.4, -0.2) is 53.1 Å². The Balaban J connectivity index is 1.39. The van der Waals surface area contributed by atoms with Crippen LogP contribution >= 0.6 is 11.6 Å². The Morgan fingerprint density at radius 3 is 2.43 bits per heavy atom. The number of anilines is 4. The molecule has 3 heterocycles. The smallest absolute Gasteiger partial charge is 0.230 e. The molecule has 0 aliphatic carbocycles. The standard InChI is InChI=1S/C22H26ClN7/c1-16-3-5-17(6-4-16)13-25-21-19(23)15-26-22(28-21)27-20-8-7-18(14-24-20)30-11-9-29(2)10-12-30/h3-8,14-15H,9-13H2,1-2H3,(H2,24,25,26,27,28). The number of halogens is 1. The number of benzene rings is 1. The molecule has 1 fully saturated rings. The Bertz CT molecular complexity index is 968. The molecule has 30 heavy (non-hydrogen) atoms. The fourth-order valence-electron chi connectivity index (χ4n) is 3.27. The van der Waals surface area contributed by atoms with E-state index in [-0.39, 0.29) is 0 Å². The number of rotatable bonds is 6. The van der Waals surface area contributed by atoms with Gasteiger partial charge in [0.1, 0.15) is 10.8 Å². The first kappa shape index (κ1) is 20.4. The zero-order valence-electron chi connectivity index (χ0n) is 17.3. The quantitative estimate of drug-likeness (QED) is 0.622. The third-order valence-electron chi connectivity index (χ3n) is 5.18. The van der Waals surface area contributed by atoms with Crippen molar-refractivity contribution in [2.45, 2.75) is 13.5 Å². The van der Waals surface area contributed by atoms with Gasteiger partial charge in [0.2, 0.25) is 5.95 Å². The van der Waals surface area contributed by atoms with E-state index in [1.165, 1.54) is 5.56 Å². The van der Waals surface area contributed by atoms with Gasteiger partial charge in [-0.25, -0.2) is 9.97 Å². The number of nitrogens with zero attached hydrogens (tertiary/aromatic N) is 5. The first-order valence-electron chi connectivity index (χ1n) is 10.1. The van der Waals surface area contributed by atoms with Crippen LogP contribution in [0.1, 0.15) is 11.1 Å². The van der Waals surface area contributed by atoms with Gasteiger partial charge >= 0.3 is 0 Å². The predicted octanol–water partition coefficient (Wildman–Crippen LogP) is 3.94. The minimum atomic E-state index is 0.450. The van der Waals surface area contributed by atoms with Crippen molar-refractivity contribution in [1.82, 2.24) is 19.9 Å². The van der Waals surface area contributed by atoms with Crippen molar-refractivity contribution in [3.05, 3.63) is 64.9 Å². The number of hydrogen-bond acceptors (Lipinski definition) is 7. The summed E-state index contributed by atoms with van der Waals surface area (Å²) in [6.07, 6.45) is 3.48. The van der Waals surface area contributed by atoms with Crippen LogP contribution in [0.25, 0.3) is 0 Å². The topological polar surface area (TPSA) is 69.2 Å². The maximum absolute atomic E-state index is 6.27. The number of aryl methyl sites for hydroxylation is 1. The summed E-state index contributed by atoms with van der Waals surface area (Å²) >= 11 is 6.27. The first-order valence-corrected chi connectivity index (χ1v) is 10.4. The summed E-state index contributed by atoms with van der Waals surface area (Å²) in [5, 5.41) is 6.91. The van der Waals surface area contributed by atoms with Crippen LogP contribution in [0, 0.1) is 6.92 Å². The molecule has 2 aromatic heterocycles. The Labute approximate surface area is 182 Å². The monoisotopic (exact) mass is 423 g/mol. The highest BCUT2D eigenvalue weighted by Gasteiger charge is 2.14. The van der Waals surface area contributed by atoms with E-state index in [0.717, 1.165) is 37.4 Å². The van der Waals surface area contributed by atoms with Crippen molar-refractivity contribution in [2.24, 2.45) is 0 Å². The molecule has 7 nitrogen and oxygen atoms in total. The molecule has 0 bridgehead atoms. The van der Waals surface area contributed by atoms with Crippen LogP contribution in [-0.2, 0) is 6.54 Å². The molecule has 1 saturated heterocycles. The lowest BCUT2D eigenvalue weighted by Gasteiger charge is -2.33. The molecule has 0 unspecified atom stereocenters. The number of aromatic nitrogens is 3. The van der Waals surface area contributed by atoms with Gasteiger partial charge in [-0.15, -0.1) is 0 Å². The second kappa shape index (κ2) is 9.28. The highest BCUT2D eigenvalue weighted by atomic mass is 35.5. The Hall–Kier alpha value is -2.90. The van der Waals surface area contributed by atoms with Crippen molar-refractivity contribution in [2.75, 3.05) is 48.8 Å². The number of piperazine rings is 1. The lowest BCUT2D eigenvalue weighted by molar-refractivity contribution is 0.313. The highest BCUT2D eigenvalue weighted by Crippen LogP contribution is 2.23. The predicted molar refractivity (Wildman–Crippen MR) is 123 cm³/mol. The van der Waals surface area contributed by atoms with Crippen LogP contribution in [0.5, 0.6) is 0 Å². The SMILES string of the molecule is Cc1ccc(CNc2nc(Nc3ccc(N4CCN(C)CC4)cn3)ncc2Cl)cc1. The second-order valence-corrected chi connectivity index (χ2v) is 7.95. The van der Waals surface area contributed by atoms with Gasteiger partial charge in [0.05, 0.1) is 18.1 Å². The van der Waals surface area contributed by atoms with Gasteiger partial charge in [0.15, 0.2) is 5.82 Å². The van der Waals surface area contributed by atoms with Crippen LogP contribution in [0.4, 0.5) is 23.3 Å². The van der Waals surface area contributed by atoms with Crippen LogP contribution in [0.2, 0.25) is 5.02 Å². The first-order chi connectivity index (χ1) is 14.6. The zero-order valence-corrected chi connectivity index (χ0v) is 18.0. The fraction of sp³-hybridized carbons (Fsp3) is 0.318. The van der Waals surface area contributed by atoms with Gasteiger partial charge < -0.3 is 20.4 Å². The summed E-state index contributed by atoms with van der Waals surface area (Å²) < 4.78 is 0. The van der Waals surface area contributed by atoms with Crippen LogP contribution in [0.15, 0.2) is 48.8 Å². The summed E-state index contributed by atoms with van der Waals surface area (Å²) in [5.41, 5.74) is 3.52. The van der Waals surface area contributed by atoms with Crippen LogP contribution < -0.4 is 15.5 Å². The van der Waals surface area contributed by atoms with Gasteiger partial charge in [0, 0.05) is 32.7 Å². The Morgan fingerprint density at radius 1 is 0.967 bits per heavy atom. The van der Waals surface area contributed by atoms with Crippen molar-refractivity contribution < 1.29 is 0 Å². The molecule has 0 spiro atoms. The zero-order chi connectivity index (χ0) is 20.9. The maximum atomic E-state index is 6.27. The number of nitrogens with one attached hydrogen (secondary N) is 2. The van der Waals surface area contributed by atoms with Gasteiger partial charge in [-0.1, -0.05) is 41.4 Å². The van der Waals surface area contributed by atoms with Gasteiger partial charge in [-0.05, 0) is 31.7 Å². The number of hydrogen-bond donors (Lipinski definition) is 2. The van der Waals surface area contributed by atoms with Crippen molar-refractivity contribution in [3.8, 4) is 0 Å². The molecule has 0 amide bonds. The average molecular weight is 424 g/mol. The maximum Gasteiger partial charge on any atom is 0.230 e. The van der Waals surface area contributed by atoms with Crippen molar-refractivity contribution in [3.63, 3.8) is 0 Å². The fourth-order valence-corrected chi connectivity index (χ4v) is 3.43. The van der Waals surface area contributed by atoms with Gasteiger partial charge in [-0.2, -0.15) is 4.98 Å². The van der Waals surface area contributed by atoms with Crippen molar-refractivity contribution >= 4 is 34.9 Å². The van der Waals surface area contributed by atoms with E-state index in [4.69, 9.17) is 11.6 Å². The summed E-state index contributed by atoms with van der Waals surface area (Å²) in [7, 11) is 2.15. The largest absolute Gasteiger partial charge is 0.368 e. The van der Waals surface area contributed by atoms with E-state index < -0.39 is 0 Å². The summed E-state index contributed by atoms with van der Waals surface area (Å²) in [4.78, 5) is 18.0. The molecular weight excluding hydrogens is 398 g/mol. The molecule has 2 N–H and O–H groups in total. The molecule has 1 aliphatic heterocycles. The normalized spacial score (nSPS) is 14.6. The minimum absolute atomic E-state index is 0.450. The van der Waals surface area contributed by atoms with E-state index in [0.29, 0.717) is 29.2 Å². The summed E-state index contributed by atoms with van der Waals surface area (Å²) in [5.74, 6) is 1.73. The Morgan fingerprint density at radius 2 is 1.73 bits per heavy atom. The molecular formula is C22H26ClN7. The molecule has 1 aromatic carbocycles. The average Bonchev–Trinajstić information content (AvgIpc) is 2.76. The van der Waals surface area contributed by atoms with E-state index in [9.17, 15) is 0 Å².